The lowest BCUT2D eigenvalue weighted by Crippen LogP contribution is -2.45. The molecule has 1 rings (SSSR count). The molecule has 1 fully saturated rings. The molecule has 0 amide bonds. The van der Waals surface area contributed by atoms with E-state index in [9.17, 15) is 0 Å². The summed E-state index contributed by atoms with van der Waals surface area (Å²) in [5.74, 6) is 0. The standard InChI is InChI=1S/C56H112O2/c1-3-5-7-8-9-10-11-12-15-20-25-30-35-40-48-55(47-6-4-2)51-43-44-52-56(55,49-41-36-31-26-21-16-13-18-23-28-33-38-45-53-57)50-42-37-32-27-22-17-14-19-24-29-34-39-46-54-58/h57-58H,3-54H2,1-2H3. The quantitative estimate of drug-likeness (QED) is 0.0601. The second-order valence-electron chi connectivity index (χ2n) is 20.4. The van der Waals surface area contributed by atoms with Crippen molar-refractivity contribution in [1.82, 2.24) is 0 Å². The summed E-state index contributed by atoms with van der Waals surface area (Å²) >= 11 is 0. The van der Waals surface area contributed by atoms with Gasteiger partial charge in [0, 0.05) is 13.2 Å². The van der Waals surface area contributed by atoms with Crippen molar-refractivity contribution in [2.45, 2.75) is 335 Å². The van der Waals surface area contributed by atoms with Crippen molar-refractivity contribution in [3.63, 3.8) is 0 Å². The molecule has 1 aliphatic rings. The number of hydrogen-bond acceptors (Lipinski definition) is 2. The van der Waals surface area contributed by atoms with Gasteiger partial charge in [0.25, 0.3) is 0 Å². The number of aliphatic hydroxyl groups is 2. The molecule has 1 atom stereocenters. The monoisotopic (exact) mass is 817 g/mol. The van der Waals surface area contributed by atoms with Crippen LogP contribution in [0.25, 0.3) is 0 Å². The Morgan fingerprint density at radius 1 is 0.241 bits per heavy atom. The Morgan fingerprint density at radius 3 is 0.655 bits per heavy atom. The van der Waals surface area contributed by atoms with Crippen LogP contribution < -0.4 is 0 Å². The molecule has 0 spiro atoms. The fourth-order valence-corrected chi connectivity index (χ4v) is 11.5. The van der Waals surface area contributed by atoms with E-state index < -0.39 is 0 Å². The normalized spacial score (nSPS) is 16.8. The van der Waals surface area contributed by atoms with Crippen LogP contribution in [0.1, 0.15) is 335 Å². The van der Waals surface area contributed by atoms with Crippen molar-refractivity contribution in [3.05, 3.63) is 0 Å². The first kappa shape index (κ1) is 55.9. The van der Waals surface area contributed by atoms with Gasteiger partial charge in [0.1, 0.15) is 0 Å². The van der Waals surface area contributed by atoms with E-state index in [-0.39, 0.29) is 0 Å². The Kier molecular flexibility index (Phi) is 42.0. The molecule has 1 aliphatic carbocycles. The lowest BCUT2D eigenvalue weighted by Gasteiger charge is -2.56. The summed E-state index contributed by atoms with van der Waals surface area (Å²) in [6, 6.07) is 0. The molecule has 58 heavy (non-hydrogen) atoms. The summed E-state index contributed by atoms with van der Waals surface area (Å²) in [5, 5.41) is 18.0. The zero-order chi connectivity index (χ0) is 41.8. The van der Waals surface area contributed by atoms with Crippen molar-refractivity contribution in [1.29, 1.82) is 0 Å². The van der Waals surface area contributed by atoms with Crippen molar-refractivity contribution >= 4 is 0 Å². The van der Waals surface area contributed by atoms with Crippen LogP contribution in [0.4, 0.5) is 0 Å². The third-order valence-electron chi connectivity index (χ3n) is 15.3. The fraction of sp³-hybridized carbons (Fsp3) is 1.00. The molecular weight excluding hydrogens is 705 g/mol. The van der Waals surface area contributed by atoms with E-state index in [0.29, 0.717) is 24.0 Å². The van der Waals surface area contributed by atoms with Crippen molar-refractivity contribution in [2.24, 2.45) is 10.8 Å². The molecule has 0 saturated heterocycles. The largest absolute Gasteiger partial charge is 0.396 e. The van der Waals surface area contributed by atoms with Gasteiger partial charge < -0.3 is 10.2 Å². The van der Waals surface area contributed by atoms with Gasteiger partial charge in [0.15, 0.2) is 0 Å². The molecule has 0 heterocycles. The highest BCUT2D eigenvalue weighted by molar-refractivity contribution is 5.00. The Morgan fingerprint density at radius 2 is 0.431 bits per heavy atom. The van der Waals surface area contributed by atoms with Gasteiger partial charge in [-0.1, -0.05) is 284 Å². The number of aliphatic hydroxyl groups excluding tert-OH is 2. The number of rotatable bonds is 48. The molecule has 0 aliphatic heterocycles. The summed E-state index contributed by atoms with van der Waals surface area (Å²) in [6.07, 6.45) is 71.7. The Labute approximate surface area is 367 Å². The van der Waals surface area contributed by atoms with E-state index >= 15 is 0 Å². The zero-order valence-corrected chi connectivity index (χ0v) is 40.7. The molecule has 0 aromatic carbocycles. The van der Waals surface area contributed by atoms with Crippen molar-refractivity contribution < 1.29 is 10.2 Å². The molecule has 1 unspecified atom stereocenters. The third kappa shape index (κ3) is 30.9. The van der Waals surface area contributed by atoms with Gasteiger partial charge >= 0.3 is 0 Å². The van der Waals surface area contributed by atoms with Gasteiger partial charge in [-0.05, 0) is 62.2 Å². The predicted molar refractivity (Wildman–Crippen MR) is 261 cm³/mol. The molecule has 0 bridgehead atoms. The topological polar surface area (TPSA) is 40.5 Å². The zero-order valence-electron chi connectivity index (χ0n) is 40.7. The minimum absolute atomic E-state index is 0.371. The summed E-state index contributed by atoms with van der Waals surface area (Å²) in [6.45, 7) is 5.53. The minimum atomic E-state index is 0.371. The summed E-state index contributed by atoms with van der Waals surface area (Å²) in [5.41, 5.74) is 1.26. The summed E-state index contributed by atoms with van der Waals surface area (Å²) in [7, 11) is 0. The smallest absolute Gasteiger partial charge is 0.0431 e. The average Bonchev–Trinajstić information content (AvgIpc) is 3.24. The van der Waals surface area contributed by atoms with E-state index in [1.807, 2.05) is 0 Å². The highest BCUT2D eigenvalue weighted by atomic mass is 16.3. The van der Waals surface area contributed by atoms with Crippen molar-refractivity contribution in [3.8, 4) is 0 Å². The molecule has 0 aromatic rings. The molecule has 0 aromatic heterocycles. The molecular formula is C56H112O2. The Balaban J connectivity index is 2.58. The average molecular weight is 818 g/mol. The van der Waals surface area contributed by atoms with E-state index in [2.05, 4.69) is 13.8 Å². The van der Waals surface area contributed by atoms with Crippen LogP contribution in [0.3, 0.4) is 0 Å². The van der Waals surface area contributed by atoms with Crippen LogP contribution >= 0.6 is 0 Å². The van der Waals surface area contributed by atoms with E-state index in [1.54, 1.807) is 32.1 Å². The maximum absolute atomic E-state index is 8.98. The molecule has 0 radical (unpaired) electrons. The van der Waals surface area contributed by atoms with Gasteiger partial charge in [-0.3, -0.25) is 0 Å². The van der Waals surface area contributed by atoms with Crippen LogP contribution in [0.5, 0.6) is 0 Å². The lowest BCUT2D eigenvalue weighted by molar-refractivity contribution is -0.0517. The molecule has 348 valence electrons. The van der Waals surface area contributed by atoms with E-state index in [0.717, 1.165) is 12.8 Å². The second kappa shape index (κ2) is 43.6. The molecule has 2 nitrogen and oxygen atoms in total. The van der Waals surface area contributed by atoms with Crippen LogP contribution in [0.2, 0.25) is 0 Å². The van der Waals surface area contributed by atoms with Gasteiger partial charge in [-0.25, -0.2) is 0 Å². The maximum Gasteiger partial charge on any atom is 0.0431 e. The second-order valence-corrected chi connectivity index (χ2v) is 20.4. The molecule has 1 saturated carbocycles. The summed E-state index contributed by atoms with van der Waals surface area (Å²) in [4.78, 5) is 0. The van der Waals surface area contributed by atoms with E-state index in [1.165, 1.54) is 276 Å². The maximum atomic E-state index is 8.98. The van der Waals surface area contributed by atoms with Crippen LogP contribution in [-0.4, -0.2) is 23.4 Å². The van der Waals surface area contributed by atoms with Gasteiger partial charge in [0.05, 0.1) is 0 Å². The molecule has 2 heteroatoms. The molecule has 2 N–H and O–H groups in total. The van der Waals surface area contributed by atoms with Gasteiger partial charge in [-0.15, -0.1) is 0 Å². The number of hydrogen-bond donors (Lipinski definition) is 2. The van der Waals surface area contributed by atoms with Crippen LogP contribution in [-0.2, 0) is 0 Å². The van der Waals surface area contributed by atoms with Crippen LogP contribution in [0, 0.1) is 10.8 Å². The minimum Gasteiger partial charge on any atom is -0.396 e. The lowest BCUT2D eigenvalue weighted by atomic mass is 9.49. The predicted octanol–water partition coefficient (Wildman–Crippen LogP) is 19.5. The van der Waals surface area contributed by atoms with Crippen molar-refractivity contribution in [2.75, 3.05) is 13.2 Å². The first-order valence-corrected chi connectivity index (χ1v) is 27.9. The Hall–Kier alpha value is -0.0800. The van der Waals surface area contributed by atoms with E-state index in [4.69, 9.17) is 10.2 Å². The fourth-order valence-electron chi connectivity index (χ4n) is 11.5. The van der Waals surface area contributed by atoms with Gasteiger partial charge in [0.2, 0.25) is 0 Å². The van der Waals surface area contributed by atoms with Crippen LogP contribution in [0.15, 0.2) is 0 Å². The summed E-state index contributed by atoms with van der Waals surface area (Å²) < 4.78 is 0. The van der Waals surface area contributed by atoms with Gasteiger partial charge in [-0.2, -0.15) is 0 Å². The number of unbranched alkanes of at least 4 members (excludes halogenated alkanes) is 38. The Bertz CT molecular complexity index is 747. The highest BCUT2D eigenvalue weighted by Gasteiger charge is 2.50. The first-order chi connectivity index (χ1) is 28.7. The highest BCUT2D eigenvalue weighted by Crippen LogP contribution is 2.61. The first-order valence-electron chi connectivity index (χ1n) is 27.9. The third-order valence-corrected chi connectivity index (χ3v) is 15.3. The SMILES string of the molecule is CCCCCCCCCCCCCCCCC1(CCCC)CCCCC1(CCCCCCCCCCCCCCCO)CCCCCCCCCCCCCCCO.